The molecule has 6 rings (SSSR count). The summed E-state index contributed by atoms with van der Waals surface area (Å²) in [7, 11) is 0. The van der Waals surface area contributed by atoms with Crippen LogP contribution in [0.3, 0.4) is 0 Å². The minimum absolute atomic E-state index is 0.0204. The number of imidazole rings is 1. The van der Waals surface area contributed by atoms with E-state index in [1.165, 1.54) is 26.4 Å². The van der Waals surface area contributed by atoms with Gasteiger partial charge in [0.25, 0.3) is 0 Å². The molecule has 18 N–H and O–H groups in total. The van der Waals surface area contributed by atoms with Crippen LogP contribution in [0.4, 0.5) is 0 Å². The Morgan fingerprint density at radius 1 is 0.593 bits per heavy atom. The van der Waals surface area contributed by atoms with Gasteiger partial charge in [-0.25, -0.2) is 4.98 Å². The molecule has 1 aliphatic rings. The van der Waals surface area contributed by atoms with E-state index in [1.54, 1.807) is 95.5 Å². The first-order valence-electron chi connectivity index (χ1n) is 36.4. The lowest BCUT2D eigenvalue weighted by Gasteiger charge is -2.28. The van der Waals surface area contributed by atoms with Gasteiger partial charge >= 0.3 is 11.9 Å². The number of hydrogen-bond donors (Lipinski definition) is 18. The maximum absolute atomic E-state index is 15.0. The average molecular weight is 1520 g/mol. The molecule has 0 spiro atoms. The number of amides is 12. The van der Waals surface area contributed by atoms with Crippen LogP contribution in [0.5, 0.6) is 0 Å². The number of rotatable bonds is 23. The van der Waals surface area contributed by atoms with Crippen molar-refractivity contribution in [3.8, 4) is 0 Å². The second kappa shape index (κ2) is 41.7. The van der Waals surface area contributed by atoms with Crippen molar-refractivity contribution >= 4 is 116 Å². The summed E-state index contributed by atoms with van der Waals surface area (Å²) in [6.45, 7) is 15.8. The molecule has 1 saturated heterocycles. The molecule has 33 nitrogen and oxygen atoms in total. The van der Waals surface area contributed by atoms with E-state index >= 15 is 4.79 Å². The van der Waals surface area contributed by atoms with Crippen LogP contribution in [0.2, 0.25) is 0 Å². The molecule has 34 heteroatoms. The second-order valence-electron chi connectivity index (χ2n) is 29.4. The van der Waals surface area contributed by atoms with E-state index < -0.39 is 180 Å². The number of hydrogen-bond acceptors (Lipinski definition) is 17. The van der Waals surface area contributed by atoms with Crippen LogP contribution in [-0.4, -0.2) is 209 Å². The molecule has 0 bridgehead atoms. The predicted molar refractivity (Wildman–Crippen MR) is 401 cm³/mol. The van der Waals surface area contributed by atoms with Gasteiger partial charge in [-0.3, -0.25) is 67.1 Å². The van der Waals surface area contributed by atoms with Gasteiger partial charge in [-0.15, -0.1) is 0 Å². The Balaban J connectivity index is 1.43. The molecule has 3 aromatic heterocycles. The van der Waals surface area contributed by atoms with Crippen LogP contribution < -0.4 is 63.8 Å². The summed E-state index contributed by atoms with van der Waals surface area (Å²) in [5.41, 5.74) is 2.33. The number of nitrogens with zero attached hydrogens (tertiary/aromatic N) is 1. The fourth-order valence-electron chi connectivity index (χ4n) is 12.3. The summed E-state index contributed by atoms with van der Waals surface area (Å²) in [5, 5.41) is 63.0. The van der Waals surface area contributed by atoms with Gasteiger partial charge < -0.3 is 94.1 Å². The number of para-hydroxylation sites is 2. The number of carboxylic acids is 2. The van der Waals surface area contributed by atoms with Crippen molar-refractivity contribution in [3.63, 3.8) is 0 Å². The summed E-state index contributed by atoms with van der Waals surface area (Å²) in [4.78, 5) is 212. The summed E-state index contributed by atoms with van der Waals surface area (Å²) in [5.74, 6) is -14.8. The quantitative estimate of drug-likeness (QED) is 0.0438. The number of aromatic amines is 3. The topological polar surface area (TPSA) is 504 Å². The highest BCUT2D eigenvalue weighted by Crippen LogP contribution is 2.28. The third-order valence-corrected chi connectivity index (χ3v) is 19.0. The first-order chi connectivity index (χ1) is 51.1. The van der Waals surface area contributed by atoms with Crippen molar-refractivity contribution in [2.24, 2.45) is 23.2 Å². The van der Waals surface area contributed by atoms with E-state index in [-0.39, 0.29) is 94.1 Å². The Hall–Kier alpha value is -10.4. The number of H-pyrrole nitrogens is 3. The molecule has 5 aromatic rings. The Labute approximate surface area is 630 Å². The van der Waals surface area contributed by atoms with Crippen LogP contribution in [0.15, 0.2) is 73.4 Å². The average Bonchev–Trinajstić information content (AvgIpc) is 1.71. The molecule has 0 unspecified atom stereocenters. The zero-order valence-electron chi connectivity index (χ0n) is 62.7. The van der Waals surface area contributed by atoms with Crippen LogP contribution in [0.1, 0.15) is 144 Å². The number of carbonyl (C=O) groups is 14. The van der Waals surface area contributed by atoms with E-state index in [1.807, 2.05) is 20.8 Å². The van der Waals surface area contributed by atoms with Crippen molar-refractivity contribution in [3.05, 3.63) is 90.3 Å². The van der Waals surface area contributed by atoms with Crippen molar-refractivity contribution in [1.82, 2.24) is 83.7 Å². The van der Waals surface area contributed by atoms with Crippen molar-refractivity contribution in [2.75, 3.05) is 24.6 Å². The molecule has 1 aliphatic heterocycles. The number of benzene rings is 2. The standard InChI is InChI=1S/C74H106N16O17S/c1-11-49-67(101)88-57(29-45-34-77-51-19-15-13-17-48(45)51)70(104)84-53(65(99)78-32-41(6)91)24-25-108-37-59(90-64(98)43(20-22-61(93)94)31-74(8,9)10)73(107)81-42(7)63(97)85-56(28-44-33-76-50-18-14-12-16-47(44)50)71(105)89-58(30-46-35-75-38-80-46)72(106)86-54(26-39(2)3)66(100)79-36-60(92)82-52(21-23-62(95)96)68(102)87-55(27-40(4)5)69(103)83-49/h12-19,33-35,38-43,49,52-59,76-77,91H,11,20-32,36-37H2,1-10H3,(H,75,80)(H,78,99)(H,79,100)(H,81,107)(H,82,92)(H,83,103)(H,84,104)(H,85,97)(H,86,106)(H,87,102)(H,88,101)(H,89,105)(H,90,98)(H,93,94)(H,95,96)/t41-,42+,43-,49+,52+,53+,54+,55+,56+,57+,58+,59+/m1/s1. The normalized spacial score (nSPS) is 23.0. The minimum Gasteiger partial charge on any atom is -0.481 e. The Kier molecular flexibility index (Phi) is 33.4. The fourth-order valence-corrected chi connectivity index (χ4v) is 13.3. The van der Waals surface area contributed by atoms with Crippen LogP contribution in [0.25, 0.3) is 21.8 Å². The van der Waals surface area contributed by atoms with Gasteiger partial charge in [0.2, 0.25) is 70.9 Å². The summed E-state index contributed by atoms with van der Waals surface area (Å²) >= 11 is 1.05. The number of aliphatic hydroxyl groups excluding tert-OH is 1. The molecular formula is C74H106N16O17S. The number of carboxylic acid groups (broad SMARTS) is 2. The Morgan fingerprint density at radius 2 is 1.09 bits per heavy atom. The molecule has 12 atom stereocenters. The third kappa shape index (κ3) is 28.1. The number of carbonyl (C=O) groups excluding carboxylic acids is 12. The van der Waals surface area contributed by atoms with Gasteiger partial charge in [0.1, 0.15) is 60.4 Å². The largest absolute Gasteiger partial charge is 0.481 e. The zero-order valence-corrected chi connectivity index (χ0v) is 63.6. The van der Waals surface area contributed by atoms with Gasteiger partial charge in [0, 0.05) is 96.4 Å². The SMILES string of the molecule is CC[C@@H]1NC(=O)[C@H](CC(C)C)NC(=O)[C@H](CCC(=O)O)NC(=O)CNC(=O)[C@H](CC(C)C)NC(=O)[C@H](Cc2cnc[nH]2)NC(=O)[C@H](Cc2c[nH]c3ccccc23)NC(=O)[C@H](C)NC(=O)[C@@H](NC(=O)[C@H](CCC(=O)O)CC(C)(C)C)CSCC[C@@H](C(=O)NC[C@@H](C)O)NC(=O)[C@H](Cc2c[nH]c3ccccc23)NC1=O. The molecule has 0 aliphatic carbocycles. The highest BCUT2D eigenvalue weighted by molar-refractivity contribution is 7.99. The third-order valence-electron chi connectivity index (χ3n) is 17.9. The maximum Gasteiger partial charge on any atom is 0.303 e. The summed E-state index contributed by atoms with van der Waals surface area (Å²) < 4.78 is 0. The monoisotopic (exact) mass is 1520 g/mol. The van der Waals surface area contributed by atoms with Gasteiger partial charge in [-0.1, -0.05) is 91.8 Å². The fraction of sp³-hybridized carbons (Fsp3) is 0.554. The van der Waals surface area contributed by atoms with Crippen molar-refractivity contribution in [2.45, 2.75) is 213 Å². The van der Waals surface area contributed by atoms with Crippen LogP contribution in [0, 0.1) is 23.2 Å². The zero-order chi connectivity index (χ0) is 79.5. The van der Waals surface area contributed by atoms with E-state index in [4.69, 9.17) is 0 Å². The smallest absolute Gasteiger partial charge is 0.303 e. The molecule has 0 saturated carbocycles. The number of aromatic nitrogens is 4. The van der Waals surface area contributed by atoms with E-state index in [0.29, 0.717) is 38.6 Å². The number of aliphatic hydroxyl groups is 1. The van der Waals surface area contributed by atoms with E-state index in [9.17, 15) is 77.6 Å². The lowest BCUT2D eigenvalue weighted by atomic mass is 9.82. The molecule has 108 heavy (non-hydrogen) atoms. The minimum atomic E-state index is -1.62. The van der Waals surface area contributed by atoms with Gasteiger partial charge in [-0.05, 0) is 105 Å². The predicted octanol–water partition coefficient (Wildman–Crippen LogP) is 1.30. The molecule has 4 heterocycles. The van der Waals surface area contributed by atoms with E-state index in [0.717, 1.165) is 11.8 Å². The number of fused-ring (bicyclic) bond motifs is 2. The second-order valence-corrected chi connectivity index (χ2v) is 30.6. The highest BCUT2D eigenvalue weighted by Gasteiger charge is 2.38. The molecule has 12 amide bonds. The summed E-state index contributed by atoms with van der Waals surface area (Å²) in [6, 6.07) is -0.363. The van der Waals surface area contributed by atoms with Crippen LogP contribution in [-0.2, 0) is 86.4 Å². The first kappa shape index (κ1) is 86.5. The Bertz CT molecular complexity index is 3940. The molecule has 590 valence electrons. The lowest BCUT2D eigenvalue weighted by molar-refractivity contribution is -0.139. The lowest BCUT2D eigenvalue weighted by Crippen LogP contribution is -2.60. The van der Waals surface area contributed by atoms with Gasteiger partial charge in [-0.2, -0.15) is 11.8 Å². The van der Waals surface area contributed by atoms with Gasteiger partial charge in [0.15, 0.2) is 0 Å². The highest BCUT2D eigenvalue weighted by atomic mass is 32.2. The van der Waals surface area contributed by atoms with Crippen molar-refractivity contribution < 1.29 is 82.4 Å². The number of nitrogens with one attached hydrogen (secondary N) is 15. The number of thioether (sulfide) groups is 1. The summed E-state index contributed by atoms with van der Waals surface area (Å²) in [6.07, 6.45) is 2.58. The number of aliphatic carboxylic acids is 2. The molecule has 1 fully saturated rings. The van der Waals surface area contributed by atoms with Gasteiger partial charge in [0.05, 0.1) is 19.0 Å². The van der Waals surface area contributed by atoms with Crippen LogP contribution >= 0.6 is 11.8 Å². The van der Waals surface area contributed by atoms with Crippen molar-refractivity contribution in [1.29, 1.82) is 0 Å². The Morgan fingerprint density at radius 3 is 1.62 bits per heavy atom. The molecular weight excluding hydrogens is 1420 g/mol. The molecule has 2 aromatic carbocycles. The first-order valence-corrected chi connectivity index (χ1v) is 37.6. The molecule has 0 radical (unpaired) electrons. The maximum atomic E-state index is 15.0. The van der Waals surface area contributed by atoms with E-state index in [2.05, 4.69) is 83.7 Å².